The Bertz CT molecular complexity index is 743. The smallest absolute Gasteiger partial charge is 0.126 e. The summed E-state index contributed by atoms with van der Waals surface area (Å²) in [7, 11) is 0. The topological polar surface area (TPSA) is 17.1 Å². The molecule has 0 bridgehead atoms. The lowest BCUT2D eigenvalue weighted by molar-refractivity contribution is -0.246. The molecular formula is C30H50O. The lowest BCUT2D eigenvalue weighted by Gasteiger charge is -2.73. The van der Waals surface area contributed by atoms with Crippen molar-refractivity contribution < 1.29 is 4.79 Å². The molecule has 0 aromatic rings. The van der Waals surface area contributed by atoms with Gasteiger partial charge in [-0.25, -0.2) is 0 Å². The average molecular weight is 427 g/mol. The summed E-state index contributed by atoms with van der Waals surface area (Å²) >= 11 is 0. The minimum atomic E-state index is -0.0788. The van der Waals surface area contributed by atoms with E-state index in [0.717, 1.165) is 36.0 Å². The zero-order chi connectivity index (χ0) is 22.4. The maximum Gasteiger partial charge on any atom is 0.126 e. The van der Waals surface area contributed by atoms with Gasteiger partial charge >= 0.3 is 0 Å². The molecule has 2 unspecified atom stereocenters. The molecular weight excluding hydrogens is 376 g/mol. The number of carbonyl (C=O) groups excluding carboxylic acids is 1. The number of rotatable bonds is 1. The minimum absolute atomic E-state index is 0.0788. The second-order valence-corrected chi connectivity index (χ2v) is 14.7. The van der Waals surface area contributed by atoms with Crippen LogP contribution in [-0.2, 0) is 4.79 Å². The van der Waals surface area contributed by atoms with Crippen molar-refractivity contribution in [1.82, 2.24) is 0 Å². The van der Waals surface area contributed by atoms with Crippen molar-refractivity contribution >= 4 is 6.29 Å². The maximum absolute atomic E-state index is 12.3. The van der Waals surface area contributed by atoms with Crippen molar-refractivity contribution in [2.75, 3.05) is 0 Å². The van der Waals surface area contributed by atoms with Crippen LogP contribution in [-0.4, -0.2) is 6.29 Å². The van der Waals surface area contributed by atoms with E-state index in [0.29, 0.717) is 27.6 Å². The van der Waals surface area contributed by atoms with Gasteiger partial charge in [0.05, 0.1) is 0 Å². The van der Waals surface area contributed by atoms with Crippen LogP contribution in [0.4, 0.5) is 0 Å². The lowest BCUT2D eigenvalue weighted by atomic mass is 9.31. The van der Waals surface area contributed by atoms with Gasteiger partial charge in [-0.05, 0) is 121 Å². The molecule has 5 aliphatic rings. The van der Waals surface area contributed by atoms with Gasteiger partial charge in [-0.15, -0.1) is 0 Å². The lowest BCUT2D eigenvalue weighted by Crippen LogP contribution is -2.66. The highest BCUT2D eigenvalue weighted by atomic mass is 16.1. The van der Waals surface area contributed by atoms with Crippen LogP contribution in [0.1, 0.15) is 119 Å². The zero-order valence-electron chi connectivity index (χ0n) is 21.7. The molecule has 0 aliphatic heterocycles. The second kappa shape index (κ2) is 6.85. The van der Waals surface area contributed by atoms with Gasteiger partial charge < -0.3 is 4.79 Å². The molecule has 0 N–H and O–H groups in total. The molecule has 1 nitrogen and oxygen atoms in total. The van der Waals surface area contributed by atoms with Crippen molar-refractivity contribution in [2.45, 2.75) is 119 Å². The quantitative estimate of drug-likeness (QED) is 0.385. The maximum atomic E-state index is 12.3. The number of aldehydes is 1. The first-order chi connectivity index (χ1) is 14.5. The number of hydrogen-bond donors (Lipinski definition) is 0. The van der Waals surface area contributed by atoms with Crippen LogP contribution < -0.4 is 0 Å². The monoisotopic (exact) mass is 426 g/mol. The Morgan fingerprint density at radius 3 is 2.16 bits per heavy atom. The van der Waals surface area contributed by atoms with E-state index in [1.807, 2.05) is 0 Å². The van der Waals surface area contributed by atoms with Crippen molar-refractivity contribution in [3.8, 4) is 0 Å². The molecule has 0 amide bonds. The van der Waals surface area contributed by atoms with Crippen molar-refractivity contribution in [3.05, 3.63) is 0 Å². The summed E-state index contributed by atoms with van der Waals surface area (Å²) in [6, 6.07) is 0. The van der Waals surface area contributed by atoms with Gasteiger partial charge in [0.25, 0.3) is 0 Å². The Morgan fingerprint density at radius 2 is 1.45 bits per heavy atom. The standard InChI is InChI=1S/C30H50O/c1-20-11-15-26(3)17-18-29(6)22(25(26)21(20)2)9-10-24-28(5)14-8-13-27(4,19-31)23(28)12-16-30(24,29)7/h19-25H,8-18H2,1-7H3/t20-,21+,22-,23?,24-,25+,26-,27?,28+,29-,30-/m1/s1. The molecule has 5 saturated carbocycles. The van der Waals surface area contributed by atoms with Crippen molar-refractivity contribution in [1.29, 1.82) is 0 Å². The molecule has 1 heteroatoms. The minimum Gasteiger partial charge on any atom is -0.303 e. The molecule has 5 aliphatic carbocycles. The Labute approximate surface area is 192 Å². The first kappa shape index (κ1) is 22.5. The third-order valence-corrected chi connectivity index (χ3v) is 13.8. The van der Waals surface area contributed by atoms with E-state index in [4.69, 9.17) is 0 Å². The van der Waals surface area contributed by atoms with E-state index >= 15 is 0 Å². The fraction of sp³-hybridized carbons (Fsp3) is 0.967. The highest BCUT2D eigenvalue weighted by molar-refractivity contribution is 5.60. The first-order valence-electron chi connectivity index (χ1n) is 13.9. The molecule has 0 aromatic heterocycles. The zero-order valence-corrected chi connectivity index (χ0v) is 21.7. The fourth-order valence-corrected chi connectivity index (χ4v) is 11.6. The highest BCUT2D eigenvalue weighted by Crippen LogP contribution is 2.76. The van der Waals surface area contributed by atoms with Gasteiger partial charge in [0.15, 0.2) is 0 Å². The van der Waals surface area contributed by atoms with E-state index in [9.17, 15) is 4.79 Å². The van der Waals surface area contributed by atoms with Crippen LogP contribution >= 0.6 is 0 Å². The van der Waals surface area contributed by atoms with Gasteiger partial charge in [-0.2, -0.15) is 0 Å². The van der Waals surface area contributed by atoms with Gasteiger partial charge in [0, 0.05) is 5.41 Å². The van der Waals surface area contributed by atoms with E-state index in [-0.39, 0.29) is 5.41 Å². The van der Waals surface area contributed by atoms with Crippen molar-refractivity contribution in [3.63, 3.8) is 0 Å². The van der Waals surface area contributed by atoms with Gasteiger partial charge in [-0.1, -0.05) is 54.9 Å². The SMILES string of the molecule is C[C@@H]1[C@H]2[C@H]3CC[C@@H]4[C@@]5(C)CCCC(C)(C=O)C5CC[C@@]4(C)[C@]3(C)CC[C@@]2(C)CC[C@H]1C. The molecule has 0 radical (unpaired) electrons. The number of carbonyl (C=O) groups is 1. The predicted molar refractivity (Wildman–Crippen MR) is 130 cm³/mol. The normalized spacial score (nSPS) is 61.4. The molecule has 5 rings (SSSR count). The fourth-order valence-electron chi connectivity index (χ4n) is 11.6. The molecule has 11 atom stereocenters. The Hall–Kier alpha value is -0.330. The second-order valence-electron chi connectivity index (χ2n) is 14.7. The van der Waals surface area contributed by atoms with Crippen LogP contribution in [0.5, 0.6) is 0 Å². The molecule has 31 heavy (non-hydrogen) atoms. The summed E-state index contributed by atoms with van der Waals surface area (Å²) in [5.41, 5.74) is 1.80. The summed E-state index contributed by atoms with van der Waals surface area (Å²) in [5.74, 6) is 5.01. The summed E-state index contributed by atoms with van der Waals surface area (Å²) in [6.07, 6.45) is 16.4. The Morgan fingerprint density at radius 1 is 0.710 bits per heavy atom. The molecule has 176 valence electrons. The Balaban J connectivity index is 1.54. The van der Waals surface area contributed by atoms with E-state index in [1.165, 1.54) is 70.5 Å². The van der Waals surface area contributed by atoms with Gasteiger partial charge in [-0.3, -0.25) is 0 Å². The van der Waals surface area contributed by atoms with E-state index in [2.05, 4.69) is 48.5 Å². The average Bonchev–Trinajstić information content (AvgIpc) is 2.72. The van der Waals surface area contributed by atoms with Crippen LogP contribution in [0, 0.1) is 62.6 Å². The highest BCUT2D eigenvalue weighted by Gasteiger charge is 2.69. The molecule has 0 saturated heterocycles. The van der Waals surface area contributed by atoms with Crippen LogP contribution in [0.2, 0.25) is 0 Å². The summed E-state index contributed by atoms with van der Waals surface area (Å²) < 4.78 is 0. The third-order valence-electron chi connectivity index (χ3n) is 13.8. The third kappa shape index (κ3) is 2.70. The Kier molecular flexibility index (Phi) is 4.96. The van der Waals surface area contributed by atoms with Crippen LogP contribution in [0.3, 0.4) is 0 Å². The molecule has 5 fully saturated rings. The molecule has 0 heterocycles. The molecule has 0 aromatic carbocycles. The van der Waals surface area contributed by atoms with E-state index in [1.54, 1.807) is 0 Å². The van der Waals surface area contributed by atoms with Gasteiger partial charge in [0.1, 0.15) is 6.29 Å². The van der Waals surface area contributed by atoms with Crippen LogP contribution in [0.25, 0.3) is 0 Å². The predicted octanol–water partition coefficient (Wildman–Crippen LogP) is 8.31. The first-order valence-corrected chi connectivity index (χ1v) is 13.9. The summed E-state index contributed by atoms with van der Waals surface area (Å²) in [6.45, 7) is 18.2. The van der Waals surface area contributed by atoms with Gasteiger partial charge in [0.2, 0.25) is 0 Å². The van der Waals surface area contributed by atoms with Crippen LogP contribution in [0.15, 0.2) is 0 Å². The largest absolute Gasteiger partial charge is 0.303 e. The summed E-state index contributed by atoms with van der Waals surface area (Å²) in [4.78, 5) is 12.3. The number of hydrogen-bond acceptors (Lipinski definition) is 1. The molecule has 0 spiro atoms. The van der Waals surface area contributed by atoms with Crippen molar-refractivity contribution in [2.24, 2.45) is 62.6 Å². The van der Waals surface area contributed by atoms with E-state index < -0.39 is 0 Å². The number of fused-ring (bicyclic) bond motifs is 7. The summed E-state index contributed by atoms with van der Waals surface area (Å²) in [5, 5.41) is 0.